The largest absolute Gasteiger partial charge is 0.278 e. The van der Waals surface area contributed by atoms with Gasteiger partial charge in [0.15, 0.2) is 17.5 Å². The van der Waals surface area contributed by atoms with E-state index in [-0.39, 0.29) is 0 Å². The SMILES string of the molecule is c1ccc(-c2ccc3nc4n(-c5ccccc5)c5ccc(-c6c(-c7ccccc7)cc(-c7nc(-c8ccccc8)nc(-c8ccccc8)n7)cc6-c6ccccc6)cc5n4c3c2)cc1. The van der Waals surface area contributed by atoms with Crippen molar-refractivity contribution in [2.24, 2.45) is 0 Å². The molecule has 0 aliphatic heterocycles. The van der Waals surface area contributed by atoms with Crippen molar-refractivity contribution in [2.45, 2.75) is 0 Å². The monoisotopic (exact) mass is 818 g/mol. The van der Waals surface area contributed by atoms with E-state index in [0.29, 0.717) is 17.5 Å². The highest BCUT2D eigenvalue weighted by molar-refractivity contribution is 6.01. The number of benzene rings is 9. The highest BCUT2D eigenvalue weighted by atomic mass is 15.2. The zero-order valence-electron chi connectivity index (χ0n) is 34.6. The molecule has 0 saturated heterocycles. The van der Waals surface area contributed by atoms with Crippen molar-refractivity contribution >= 4 is 27.8 Å². The van der Waals surface area contributed by atoms with E-state index in [1.165, 1.54) is 0 Å². The van der Waals surface area contributed by atoms with Crippen LogP contribution in [-0.2, 0) is 0 Å². The second-order valence-corrected chi connectivity index (χ2v) is 15.9. The molecule has 0 aliphatic carbocycles. The van der Waals surface area contributed by atoms with Crippen LogP contribution in [0.25, 0.3) is 112 Å². The number of para-hydroxylation sites is 1. The molecule has 0 saturated carbocycles. The van der Waals surface area contributed by atoms with Crippen LogP contribution in [0.15, 0.2) is 231 Å². The van der Waals surface area contributed by atoms with Gasteiger partial charge in [-0.3, -0.25) is 8.97 Å². The van der Waals surface area contributed by atoms with Gasteiger partial charge in [-0.2, -0.15) is 0 Å². The summed E-state index contributed by atoms with van der Waals surface area (Å²) in [4.78, 5) is 20.7. The third kappa shape index (κ3) is 6.53. The Bertz CT molecular complexity index is 3500. The van der Waals surface area contributed by atoms with Gasteiger partial charge in [-0.1, -0.05) is 182 Å². The van der Waals surface area contributed by atoms with Crippen LogP contribution in [0.5, 0.6) is 0 Å². The molecule has 6 heteroatoms. The molecule has 0 fully saturated rings. The number of fused-ring (bicyclic) bond motifs is 5. The third-order valence-corrected chi connectivity index (χ3v) is 12.0. The molecule has 300 valence electrons. The Morgan fingerprint density at radius 2 is 0.719 bits per heavy atom. The summed E-state index contributed by atoms with van der Waals surface area (Å²) in [7, 11) is 0. The van der Waals surface area contributed by atoms with Crippen LogP contribution in [0.3, 0.4) is 0 Å². The predicted octanol–water partition coefficient (Wildman–Crippen LogP) is 14.3. The van der Waals surface area contributed by atoms with Crippen molar-refractivity contribution in [3.63, 3.8) is 0 Å². The zero-order valence-corrected chi connectivity index (χ0v) is 34.6. The van der Waals surface area contributed by atoms with Crippen LogP contribution < -0.4 is 0 Å². The molecule has 0 N–H and O–H groups in total. The highest BCUT2D eigenvalue weighted by Crippen LogP contribution is 2.45. The molecule has 0 aliphatic rings. The van der Waals surface area contributed by atoms with Crippen molar-refractivity contribution in [1.82, 2.24) is 28.9 Å². The van der Waals surface area contributed by atoms with E-state index in [9.17, 15) is 0 Å². The van der Waals surface area contributed by atoms with E-state index in [0.717, 1.165) is 94.7 Å². The Morgan fingerprint density at radius 1 is 0.281 bits per heavy atom. The summed E-state index contributed by atoms with van der Waals surface area (Å²) in [6.45, 7) is 0. The van der Waals surface area contributed by atoms with Crippen molar-refractivity contribution in [3.8, 4) is 84.4 Å². The van der Waals surface area contributed by atoms with E-state index in [4.69, 9.17) is 19.9 Å². The van der Waals surface area contributed by atoms with Crippen LogP contribution >= 0.6 is 0 Å². The summed E-state index contributed by atoms with van der Waals surface area (Å²) < 4.78 is 4.60. The molecule has 6 nitrogen and oxygen atoms in total. The Kier molecular flexibility index (Phi) is 9.05. The minimum atomic E-state index is 0.602. The van der Waals surface area contributed by atoms with Gasteiger partial charge < -0.3 is 0 Å². The standard InChI is InChI=1S/C58H38N6/c1-7-19-39(20-8-1)44-31-33-50-52(37-44)64-53-38-45(32-34-51(53)63(58(64)59-50)47-29-17-6-18-30-47)54-48(40-21-9-2-10-22-40)35-46(36-49(54)41-23-11-3-12-24-41)57-61-55(42-25-13-4-14-26-42)60-56(62-57)43-27-15-5-16-28-43/h1-38H. The third-order valence-electron chi connectivity index (χ3n) is 12.0. The normalized spacial score (nSPS) is 11.4. The maximum Gasteiger partial charge on any atom is 0.220 e. The first-order chi connectivity index (χ1) is 31.7. The molecule has 0 unspecified atom stereocenters. The highest BCUT2D eigenvalue weighted by Gasteiger charge is 2.23. The summed E-state index contributed by atoms with van der Waals surface area (Å²) in [5, 5.41) is 0. The summed E-state index contributed by atoms with van der Waals surface area (Å²) >= 11 is 0. The van der Waals surface area contributed by atoms with E-state index in [1.807, 2.05) is 60.7 Å². The van der Waals surface area contributed by atoms with Crippen molar-refractivity contribution in [2.75, 3.05) is 0 Å². The first-order valence-electron chi connectivity index (χ1n) is 21.5. The topological polar surface area (TPSA) is 60.9 Å². The minimum Gasteiger partial charge on any atom is -0.278 e. The molecule has 12 rings (SSSR count). The molecule has 0 amide bonds. The van der Waals surface area contributed by atoms with Crippen molar-refractivity contribution in [3.05, 3.63) is 231 Å². The lowest BCUT2D eigenvalue weighted by molar-refractivity contribution is 1.07. The summed E-state index contributed by atoms with van der Waals surface area (Å²) in [6, 6.07) is 80.6. The fourth-order valence-electron chi connectivity index (χ4n) is 8.96. The van der Waals surface area contributed by atoms with E-state index in [2.05, 4.69) is 179 Å². The minimum absolute atomic E-state index is 0.602. The first kappa shape index (κ1) is 37.1. The molecule has 12 aromatic rings. The van der Waals surface area contributed by atoms with Gasteiger partial charge in [0, 0.05) is 22.4 Å². The molecule has 3 aromatic heterocycles. The molecular formula is C58H38N6. The van der Waals surface area contributed by atoms with Crippen molar-refractivity contribution < 1.29 is 0 Å². The molecule has 64 heavy (non-hydrogen) atoms. The molecule has 0 radical (unpaired) electrons. The fourth-order valence-corrected chi connectivity index (χ4v) is 8.96. The Morgan fingerprint density at radius 3 is 1.25 bits per heavy atom. The average Bonchev–Trinajstić information content (AvgIpc) is 3.91. The van der Waals surface area contributed by atoms with Gasteiger partial charge >= 0.3 is 0 Å². The quantitative estimate of drug-likeness (QED) is 0.153. The molecule has 3 heterocycles. The number of rotatable bonds is 8. The van der Waals surface area contributed by atoms with E-state index < -0.39 is 0 Å². The van der Waals surface area contributed by atoms with Gasteiger partial charge in [-0.25, -0.2) is 19.9 Å². The van der Waals surface area contributed by atoms with Crippen LogP contribution in [0, 0.1) is 0 Å². The maximum absolute atomic E-state index is 5.31. The van der Waals surface area contributed by atoms with Crippen molar-refractivity contribution in [1.29, 1.82) is 0 Å². The molecule has 0 atom stereocenters. The molecule has 0 spiro atoms. The lowest BCUT2D eigenvalue weighted by atomic mass is 9.85. The van der Waals surface area contributed by atoms with E-state index in [1.54, 1.807) is 0 Å². The second kappa shape index (κ2) is 15.6. The van der Waals surface area contributed by atoms with Gasteiger partial charge in [0.05, 0.1) is 22.1 Å². The van der Waals surface area contributed by atoms with Gasteiger partial charge in [-0.15, -0.1) is 0 Å². The number of aromatic nitrogens is 6. The molecular weight excluding hydrogens is 781 g/mol. The molecule has 0 bridgehead atoms. The number of imidazole rings is 2. The Labute approximate surface area is 370 Å². The lowest BCUT2D eigenvalue weighted by Crippen LogP contribution is -2.01. The second-order valence-electron chi connectivity index (χ2n) is 15.9. The lowest BCUT2D eigenvalue weighted by Gasteiger charge is -2.19. The summed E-state index contributed by atoms with van der Waals surface area (Å²) in [5.74, 6) is 2.71. The van der Waals surface area contributed by atoms with Gasteiger partial charge in [0.2, 0.25) is 5.78 Å². The summed E-state index contributed by atoms with van der Waals surface area (Å²) in [5.41, 5.74) is 16.7. The Hall–Kier alpha value is -8.74. The summed E-state index contributed by atoms with van der Waals surface area (Å²) in [6.07, 6.45) is 0. The van der Waals surface area contributed by atoms with Gasteiger partial charge in [-0.05, 0) is 93.0 Å². The number of hydrogen-bond acceptors (Lipinski definition) is 4. The van der Waals surface area contributed by atoms with Crippen LogP contribution in [0.1, 0.15) is 0 Å². The van der Waals surface area contributed by atoms with Crippen LogP contribution in [-0.4, -0.2) is 28.9 Å². The molecule has 9 aromatic carbocycles. The predicted molar refractivity (Wildman–Crippen MR) is 261 cm³/mol. The van der Waals surface area contributed by atoms with Gasteiger partial charge in [0.25, 0.3) is 0 Å². The first-order valence-corrected chi connectivity index (χ1v) is 21.5. The Balaban J connectivity index is 1.15. The fraction of sp³-hybridized carbons (Fsp3) is 0. The number of nitrogens with zero attached hydrogens (tertiary/aromatic N) is 6. The smallest absolute Gasteiger partial charge is 0.220 e. The van der Waals surface area contributed by atoms with Gasteiger partial charge in [0.1, 0.15) is 0 Å². The van der Waals surface area contributed by atoms with E-state index >= 15 is 0 Å². The maximum atomic E-state index is 5.31. The zero-order chi connectivity index (χ0) is 42.4. The average molecular weight is 819 g/mol. The van der Waals surface area contributed by atoms with Crippen LogP contribution in [0.2, 0.25) is 0 Å². The van der Waals surface area contributed by atoms with Crippen LogP contribution in [0.4, 0.5) is 0 Å². The number of hydrogen-bond donors (Lipinski definition) is 0.